The summed E-state index contributed by atoms with van der Waals surface area (Å²) in [6.45, 7) is 0. The highest BCUT2D eigenvalue weighted by Crippen LogP contribution is 2.29. The normalized spacial score (nSPS) is 11.5. The van der Waals surface area contributed by atoms with E-state index < -0.39 is 19.7 Å². The van der Waals surface area contributed by atoms with Crippen LogP contribution in [-0.2, 0) is 26.1 Å². The molecule has 0 atom stereocenters. The highest BCUT2D eigenvalue weighted by molar-refractivity contribution is 7.91. The largest absolute Gasteiger partial charge is 0.497 e. The molecule has 6 rings (SSSR count). The highest BCUT2D eigenvalue weighted by Gasteiger charge is 2.19. The fourth-order valence-corrected chi connectivity index (χ4v) is 7.54. The minimum absolute atomic E-state index is 0.172. The second-order valence-electron chi connectivity index (χ2n) is 11.0. The van der Waals surface area contributed by atoms with E-state index >= 15 is 0 Å². The number of methoxy groups -OCH3 is 2. The Hall–Kier alpha value is -5.58. The van der Waals surface area contributed by atoms with Gasteiger partial charge in [-0.05, 0) is 139 Å². The summed E-state index contributed by atoms with van der Waals surface area (Å²) in [5.41, 5.74) is 2.16. The van der Waals surface area contributed by atoms with Crippen molar-refractivity contribution in [1.29, 1.82) is 0 Å². The number of benzene rings is 6. The van der Waals surface area contributed by atoms with Gasteiger partial charge in [0.25, 0.3) is 0 Å². The van der Waals surface area contributed by atoms with Crippen LogP contribution in [0.25, 0.3) is 0 Å². The van der Waals surface area contributed by atoms with Crippen molar-refractivity contribution in [1.82, 2.24) is 0 Å². The van der Waals surface area contributed by atoms with E-state index in [9.17, 15) is 16.8 Å². The summed E-state index contributed by atoms with van der Waals surface area (Å²) in [6.07, 6.45) is 0.691. The molecule has 0 aromatic heterocycles. The van der Waals surface area contributed by atoms with E-state index in [1.54, 1.807) is 48.5 Å². The molecular weight excluding hydrogens is 661 g/mol. The van der Waals surface area contributed by atoms with Crippen molar-refractivity contribution in [2.75, 3.05) is 14.2 Å². The molecule has 10 heteroatoms. The zero-order chi connectivity index (χ0) is 34.4. The first kappa shape index (κ1) is 33.3. The Bertz CT molecular complexity index is 2070. The lowest BCUT2D eigenvalue weighted by Crippen LogP contribution is -2.01. The summed E-state index contributed by atoms with van der Waals surface area (Å²) >= 11 is 0. The standard InChI is InChI=1S/C39H32O8S2/c1-44-30-11-19-36(20-12-30)48(40,41)38-23-15-34(16-24-38)46-32-7-3-28(4-8-32)27-29-5-9-33(10-6-29)47-35-17-25-39(26-18-35)49(42,43)37-21-13-31(45-2)14-22-37/h3-26H,27H2,1-2H3. The lowest BCUT2D eigenvalue weighted by Gasteiger charge is -2.10. The Morgan fingerprint density at radius 3 is 0.816 bits per heavy atom. The molecule has 0 saturated heterocycles. The van der Waals surface area contributed by atoms with Gasteiger partial charge in [-0.2, -0.15) is 0 Å². The maximum atomic E-state index is 13.0. The Balaban J connectivity index is 1.03. The summed E-state index contributed by atoms with van der Waals surface area (Å²) in [7, 11) is -4.28. The average molecular weight is 693 g/mol. The molecule has 49 heavy (non-hydrogen) atoms. The fourth-order valence-electron chi connectivity index (χ4n) is 5.01. The molecule has 0 bridgehead atoms. The van der Waals surface area contributed by atoms with Crippen LogP contribution in [0.15, 0.2) is 165 Å². The van der Waals surface area contributed by atoms with Gasteiger partial charge >= 0.3 is 0 Å². The Kier molecular flexibility index (Phi) is 9.70. The van der Waals surface area contributed by atoms with Crippen LogP contribution >= 0.6 is 0 Å². The van der Waals surface area contributed by atoms with Gasteiger partial charge in [0.1, 0.15) is 34.5 Å². The molecular formula is C39H32O8S2. The van der Waals surface area contributed by atoms with Crippen LogP contribution < -0.4 is 18.9 Å². The lowest BCUT2D eigenvalue weighted by atomic mass is 10.0. The van der Waals surface area contributed by atoms with Crippen LogP contribution in [0.4, 0.5) is 0 Å². The van der Waals surface area contributed by atoms with Gasteiger partial charge in [0, 0.05) is 0 Å². The first-order chi connectivity index (χ1) is 23.6. The molecule has 0 saturated carbocycles. The quantitative estimate of drug-likeness (QED) is 0.126. The van der Waals surface area contributed by atoms with Gasteiger partial charge in [-0.3, -0.25) is 0 Å². The number of ether oxygens (including phenoxy) is 4. The second kappa shape index (κ2) is 14.3. The van der Waals surface area contributed by atoms with E-state index in [2.05, 4.69) is 0 Å². The van der Waals surface area contributed by atoms with Gasteiger partial charge in [0.2, 0.25) is 19.7 Å². The van der Waals surface area contributed by atoms with Crippen LogP contribution in [-0.4, -0.2) is 31.1 Å². The summed E-state index contributed by atoms with van der Waals surface area (Å²) < 4.78 is 74.0. The maximum absolute atomic E-state index is 13.0. The van der Waals surface area contributed by atoms with Crippen molar-refractivity contribution in [3.63, 3.8) is 0 Å². The lowest BCUT2D eigenvalue weighted by molar-refractivity contribution is 0.414. The molecule has 6 aromatic carbocycles. The molecule has 0 unspecified atom stereocenters. The van der Waals surface area contributed by atoms with E-state index in [4.69, 9.17) is 18.9 Å². The van der Waals surface area contributed by atoms with Crippen LogP contribution in [0.3, 0.4) is 0 Å². The number of rotatable bonds is 12. The third-order valence-corrected chi connectivity index (χ3v) is 11.3. The molecule has 0 aliphatic carbocycles. The summed E-state index contributed by atoms with van der Waals surface area (Å²) in [4.78, 5) is 0.717. The van der Waals surface area contributed by atoms with Crippen molar-refractivity contribution in [2.45, 2.75) is 26.0 Å². The molecule has 8 nitrogen and oxygen atoms in total. The molecule has 0 spiro atoms. The highest BCUT2D eigenvalue weighted by atomic mass is 32.2. The third-order valence-electron chi connectivity index (χ3n) is 7.73. The topological polar surface area (TPSA) is 105 Å². The van der Waals surface area contributed by atoms with Crippen molar-refractivity contribution in [3.8, 4) is 34.5 Å². The molecule has 0 fully saturated rings. The zero-order valence-corrected chi connectivity index (χ0v) is 28.3. The number of hydrogen-bond donors (Lipinski definition) is 0. The van der Waals surface area contributed by atoms with E-state index in [1.165, 1.54) is 62.8 Å². The van der Waals surface area contributed by atoms with Crippen LogP contribution in [0, 0.1) is 0 Å². The summed E-state index contributed by atoms with van der Waals surface area (Å²) in [5, 5.41) is 0. The van der Waals surface area contributed by atoms with Gasteiger partial charge < -0.3 is 18.9 Å². The minimum atomic E-state index is -3.67. The van der Waals surface area contributed by atoms with Gasteiger partial charge in [-0.25, -0.2) is 16.8 Å². The Labute approximate surface area is 286 Å². The zero-order valence-electron chi connectivity index (χ0n) is 26.6. The van der Waals surface area contributed by atoms with Crippen molar-refractivity contribution in [2.24, 2.45) is 0 Å². The average Bonchev–Trinajstić information content (AvgIpc) is 3.14. The van der Waals surface area contributed by atoms with Gasteiger partial charge in [-0.1, -0.05) is 24.3 Å². The first-order valence-corrected chi connectivity index (χ1v) is 18.1. The molecule has 0 N–H and O–H groups in total. The van der Waals surface area contributed by atoms with E-state index in [1.807, 2.05) is 48.5 Å². The predicted molar refractivity (Wildman–Crippen MR) is 186 cm³/mol. The molecule has 0 radical (unpaired) electrons. The fraction of sp³-hybridized carbons (Fsp3) is 0.0769. The number of hydrogen-bond acceptors (Lipinski definition) is 8. The summed E-state index contributed by atoms with van der Waals surface area (Å²) in [5.74, 6) is 3.46. The molecule has 0 aliphatic heterocycles. The predicted octanol–water partition coefficient (Wildman–Crippen LogP) is 8.54. The van der Waals surface area contributed by atoms with E-state index in [0.29, 0.717) is 40.9 Å². The van der Waals surface area contributed by atoms with Gasteiger partial charge in [0.15, 0.2) is 0 Å². The third kappa shape index (κ3) is 7.77. The molecule has 0 heterocycles. The van der Waals surface area contributed by atoms with Crippen LogP contribution in [0.5, 0.6) is 34.5 Å². The maximum Gasteiger partial charge on any atom is 0.206 e. The second-order valence-corrected chi connectivity index (χ2v) is 14.9. The van der Waals surface area contributed by atoms with Crippen molar-refractivity contribution < 1.29 is 35.8 Å². The summed E-state index contributed by atoms with van der Waals surface area (Å²) in [6, 6.07) is 40.5. The molecule has 0 amide bonds. The van der Waals surface area contributed by atoms with Crippen LogP contribution in [0.2, 0.25) is 0 Å². The monoisotopic (exact) mass is 692 g/mol. The Morgan fingerprint density at radius 2 is 0.571 bits per heavy atom. The SMILES string of the molecule is COc1ccc(S(=O)(=O)c2ccc(Oc3ccc(Cc4ccc(Oc5ccc(S(=O)(=O)c6ccc(OC)cc6)cc5)cc4)cc3)cc2)cc1. The van der Waals surface area contributed by atoms with E-state index in [0.717, 1.165) is 11.1 Å². The minimum Gasteiger partial charge on any atom is -0.497 e. The molecule has 6 aromatic rings. The van der Waals surface area contributed by atoms with Crippen molar-refractivity contribution in [3.05, 3.63) is 157 Å². The van der Waals surface area contributed by atoms with Gasteiger partial charge in [-0.15, -0.1) is 0 Å². The molecule has 248 valence electrons. The number of sulfone groups is 2. The van der Waals surface area contributed by atoms with Crippen molar-refractivity contribution >= 4 is 19.7 Å². The van der Waals surface area contributed by atoms with Crippen LogP contribution in [0.1, 0.15) is 11.1 Å². The Morgan fingerprint density at radius 1 is 0.347 bits per heavy atom. The smallest absolute Gasteiger partial charge is 0.206 e. The first-order valence-electron chi connectivity index (χ1n) is 15.2. The van der Waals surface area contributed by atoms with Gasteiger partial charge in [0.05, 0.1) is 33.8 Å². The van der Waals surface area contributed by atoms with E-state index in [-0.39, 0.29) is 19.6 Å². The molecule has 0 aliphatic rings.